The van der Waals surface area contributed by atoms with Crippen LogP contribution in [-0.4, -0.2) is 38.5 Å². The normalized spacial score (nSPS) is 13.1. The van der Waals surface area contributed by atoms with Crippen LogP contribution in [0.3, 0.4) is 0 Å². The molecule has 0 unspecified atom stereocenters. The molecule has 0 saturated carbocycles. The molecule has 7 nitrogen and oxygen atoms in total. The van der Waals surface area contributed by atoms with Crippen LogP contribution in [0.25, 0.3) is 11.4 Å². The number of nitrogens with zero attached hydrogens (tertiary/aromatic N) is 3. The molecule has 0 fully saturated rings. The number of benzene rings is 1. The van der Waals surface area contributed by atoms with Crippen molar-refractivity contribution >= 4 is 23.7 Å². The first-order valence-corrected chi connectivity index (χ1v) is 9.61. The molecule has 0 bridgehead atoms. The fourth-order valence-corrected chi connectivity index (χ4v) is 3.30. The Morgan fingerprint density at radius 2 is 1.85 bits per heavy atom. The quantitative estimate of drug-likeness (QED) is 0.725. The first kappa shape index (κ1) is 20.0. The number of hydrogen-bond acceptors (Lipinski definition) is 5. The average molecular weight is 375 g/mol. The van der Waals surface area contributed by atoms with Crippen LogP contribution in [0, 0.1) is 0 Å². The molecule has 1 heterocycles. The van der Waals surface area contributed by atoms with E-state index in [1.807, 2.05) is 30.3 Å². The Bertz CT molecular complexity index is 747. The standard InChI is InChI=1S/C18H25N5O2S/c1-5-12(3)23-15(14-10-8-7-9-11-14)21-22-18(23)26-13(4)16(24)20-17(25)19-6-2/h7-13H,5-6H2,1-4H3,(H2,19,20,24,25)/t12-,13+/m1/s1. The van der Waals surface area contributed by atoms with E-state index in [1.165, 1.54) is 11.8 Å². The van der Waals surface area contributed by atoms with Crippen LogP contribution in [0.5, 0.6) is 0 Å². The number of urea groups is 1. The number of imide groups is 1. The second-order valence-electron chi connectivity index (χ2n) is 5.91. The molecule has 0 aliphatic heterocycles. The number of amides is 3. The monoisotopic (exact) mass is 375 g/mol. The summed E-state index contributed by atoms with van der Waals surface area (Å²) in [5.41, 5.74) is 0.978. The van der Waals surface area contributed by atoms with Crippen molar-refractivity contribution < 1.29 is 9.59 Å². The van der Waals surface area contributed by atoms with Crippen LogP contribution in [0.4, 0.5) is 4.79 Å². The smallest absolute Gasteiger partial charge is 0.321 e. The highest BCUT2D eigenvalue weighted by atomic mass is 32.2. The molecule has 0 aliphatic carbocycles. The highest BCUT2D eigenvalue weighted by Crippen LogP contribution is 2.30. The van der Waals surface area contributed by atoms with Crippen molar-refractivity contribution in [1.29, 1.82) is 0 Å². The molecular formula is C18H25N5O2S. The Balaban J connectivity index is 2.22. The van der Waals surface area contributed by atoms with Gasteiger partial charge in [-0.25, -0.2) is 4.79 Å². The highest BCUT2D eigenvalue weighted by molar-refractivity contribution is 8.00. The third kappa shape index (κ3) is 4.85. The second kappa shape index (κ2) is 9.38. The summed E-state index contributed by atoms with van der Waals surface area (Å²) >= 11 is 1.29. The lowest BCUT2D eigenvalue weighted by atomic mass is 10.2. The zero-order valence-electron chi connectivity index (χ0n) is 15.5. The van der Waals surface area contributed by atoms with Gasteiger partial charge in [-0.1, -0.05) is 49.0 Å². The molecule has 2 rings (SSSR count). The van der Waals surface area contributed by atoms with Crippen LogP contribution in [0.1, 0.15) is 40.2 Å². The molecule has 1 aromatic heterocycles. The number of hydrogen-bond donors (Lipinski definition) is 2. The summed E-state index contributed by atoms with van der Waals surface area (Å²) in [4.78, 5) is 23.7. The largest absolute Gasteiger partial charge is 0.338 e. The lowest BCUT2D eigenvalue weighted by Crippen LogP contribution is -2.42. The second-order valence-corrected chi connectivity index (χ2v) is 7.22. The Morgan fingerprint density at radius 3 is 2.46 bits per heavy atom. The predicted octanol–water partition coefficient (Wildman–Crippen LogP) is 3.24. The topological polar surface area (TPSA) is 88.9 Å². The fraction of sp³-hybridized carbons (Fsp3) is 0.444. The Kier molecular flexibility index (Phi) is 7.20. The van der Waals surface area contributed by atoms with Gasteiger partial charge in [-0.2, -0.15) is 0 Å². The molecule has 0 saturated heterocycles. The number of aromatic nitrogens is 3. The molecule has 0 aliphatic rings. The molecule has 0 radical (unpaired) electrons. The third-order valence-electron chi connectivity index (χ3n) is 3.95. The SMILES string of the molecule is CCNC(=O)NC(=O)[C@H](C)Sc1nnc(-c2ccccc2)n1[C@H](C)CC. The van der Waals surface area contributed by atoms with E-state index in [1.54, 1.807) is 13.8 Å². The van der Waals surface area contributed by atoms with Gasteiger partial charge in [0.25, 0.3) is 0 Å². The molecule has 26 heavy (non-hydrogen) atoms. The zero-order valence-corrected chi connectivity index (χ0v) is 16.3. The maximum absolute atomic E-state index is 12.2. The van der Waals surface area contributed by atoms with E-state index < -0.39 is 11.3 Å². The number of rotatable bonds is 7. The van der Waals surface area contributed by atoms with Crippen LogP contribution in [0.2, 0.25) is 0 Å². The van der Waals surface area contributed by atoms with Crippen molar-refractivity contribution in [2.75, 3.05) is 6.54 Å². The lowest BCUT2D eigenvalue weighted by Gasteiger charge is -2.18. The number of carbonyl (C=O) groups excluding carboxylic acids is 2. The highest BCUT2D eigenvalue weighted by Gasteiger charge is 2.23. The van der Waals surface area contributed by atoms with E-state index in [9.17, 15) is 9.59 Å². The zero-order chi connectivity index (χ0) is 19.1. The minimum atomic E-state index is -0.488. The summed E-state index contributed by atoms with van der Waals surface area (Å²) in [6, 6.07) is 9.54. The molecule has 3 amide bonds. The van der Waals surface area contributed by atoms with Gasteiger partial charge in [0, 0.05) is 18.2 Å². The van der Waals surface area contributed by atoms with Crippen molar-refractivity contribution in [3.63, 3.8) is 0 Å². The van der Waals surface area contributed by atoms with Gasteiger partial charge in [-0.3, -0.25) is 14.7 Å². The van der Waals surface area contributed by atoms with Crippen molar-refractivity contribution in [2.24, 2.45) is 0 Å². The third-order valence-corrected chi connectivity index (χ3v) is 5.01. The van der Waals surface area contributed by atoms with Gasteiger partial charge in [0.1, 0.15) is 0 Å². The summed E-state index contributed by atoms with van der Waals surface area (Å²) in [6.07, 6.45) is 0.908. The maximum atomic E-state index is 12.2. The maximum Gasteiger partial charge on any atom is 0.321 e. The van der Waals surface area contributed by atoms with Gasteiger partial charge < -0.3 is 5.32 Å². The summed E-state index contributed by atoms with van der Waals surface area (Å²) in [6.45, 7) is 8.20. The van der Waals surface area contributed by atoms with E-state index in [2.05, 4.69) is 39.2 Å². The minimum absolute atomic E-state index is 0.182. The lowest BCUT2D eigenvalue weighted by molar-refractivity contribution is -0.119. The van der Waals surface area contributed by atoms with Gasteiger partial charge in [-0.05, 0) is 27.2 Å². The van der Waals surface area contributed by atoms with Gasteiger partial charge in [0.15, 0.2) is 11.0 Å². The first-order valence-electron chi connectivity index (χ1n) is 8.73. The van der Waals surface area contributed by atoms with Crippen LogP contribution < -0.4 is 10.6 Å². The van der Waals surface area contributed by atoms with Crippen molar-refractivity contribution in [2.45, 2.75) is 50.6 Å². The number of thioether (sulfide) groups is 1. The van der Waals surface area contributed by atoms with Crippen molar-refractivity contribution in [3.8, 4) is 11.4 Å². The van der Waals surface area contributed by atoms with Gasteiger partial charge in [0.05, 0.1) is 5.25 Å². The Labute approximate surface area is 158 Å². The van der Waals surface area contributed by atoms with Crippen LogP contribution in [-0.2, 0) is 4.79 Å². The van der Waals surface area contributed by atoms with Crippen LogP contribution in [0.15, 0.2) is 35.5 Å². The van der Waals surface area contributed by atoms with Gasteiger partial charge in [0.2, 0.25) is 5.91 Å². The molecule has 0 spiro atoms. The molecule has 1 aromatic carbocycles. The molecule has 2 N–H and O–H groups in total. The van der Waals surface area contributed by atoms with E-state index >= 15 is 0 Å². The molecular weight excluding hydrogens is 350 g/mol. The Hall–Kier alpha value is -2.35. The molecule has 8 heteroatoms. The molecule has 2 aromatic rings. The molecule has 2 atom stereocenters. The van der Waals surface area contributed by atoms with Crippen molar-refractivity contribution in [1.82, 2.24) is 25.4 Å². The fourth-order valence-electron chi connectivity index (χ4n) is 2.35. The molecule has 140 valence electrons. The summed E-state index contributed by atoms with van der Waals surface area (Å²) in [5, 5.41) is 13.7. The van der Waals surface area contributed by atoms with Gasteiger partial charge >= 0.3 is 6.03 Å². The van der Waals surface area contributed by atoms with E-state index in [-0.39, 0.29) is 11.9 Å². The average Bonchev–Trinajstić information content (AvgIpc) is 3.05. The summed E-state index contributed by atoms with van der Waals surface area (Å²) in [5.74, 6) is 0.416. The van der Waals surface area contributed by atoms with E-state index in [0.717, 1.165) is 17.8 Å². The minimum Gasteiger partial charge on any atom is -0.338 e. The first-order chi connectivity index (χ1) is 12.5. The van der Waals surface area contributed by atoms with E-state index in [4.69, 9.17) is 0 Å². The summed E-state index contributed by atoms with van der Waals surface area (Å²) < 4.78 is 2.05. The summed E-state index contributed by atoms with van der Waals surface area (Å²) in [7, 11) is 0. The van der Waals surface area contributed by atoms with Gasteiger partial charge in [-0.15, -0.1) is 10.2 Å². The van der Waals surface area contributed by atoms with Crippen molar-refractivity contribution in [3.05, 3.63) is 30.3 Å². The Morgan fingerprint density at radius 1 is 1.15 bits per heavy atom. The number of nitrogens with one attached hydrogen (secondary N) is 2. The number of carbonyl (C=O) groups is 2. The predicted molar refractivity (Wildman–Crippen MR) is 103 cm³/mol. The van der Waals surface area contributed by atoms with E-state index in [0.29, 0.717) is 11.7 Å². The van der Waals surface area contributed by atoms with Crippen LogP contribution >= 0.6 is 11.8 Å².